The van der Waals surface area contributed by atoms with E-state index in [4.69, 9.17) is 43.1 Å². The highest BCUT2D eigenvalue weighted by Crippen LogP contribution is 2.34. The molecule has 2 atom stereocenters. The molecule has 2 unspecified atom stereocenters. The van der Waals surface area contributed by atoms with Gasteiger partial charge in [-0.15, -0.1) is 0 Å². The molecule has 2 aromatic carbocycles. The standard InChI is InChI=1S/C22H14B4ClF2N3O4/c23-15-8-16(19(35)32(26)18(15)34)31-9-10-7-12(3-6-14(10)17(31)33)22(24,25)30-20(36)21(28,29)11-1-4-13(27)5-2-11/h1-7,15-16H,8-9H2,(H,30,36). The maximum Gasteiger partial charge on any atom is 0.349 e. The van der Waals surface area contributed by atoms with Crippen LogP contribution in [0.3, 0.4) is 0 Å². The van der Waals surface area contributed by atoms with Gasteiger partial charge in [0.25, 0.3) is 11.8 Å². The first kappa shape index (κ1) is 26.0. The zero-order chi connectivity index (χ0) is 26.6. The molecule has 2 heterocycles. The van der Waals surface area contributed by atoms with Gasteiger partial charge in [0, 0.05) is 28.5 Å². The van der Waals surface area contributed by atoms with Crippen molar-refractivity contribution in [3.05, 3.63) is 69.7 Å². The highest BCUT2D eigenvalue weighted by Gasteiger charge is 2.45. The van der Waals surface area contributed by atoms with E-state index < -0.39 is 52.3 Å². The van der Waals surface area contributed by atoms with E-state index >= 15 is 0 Å². The van der Waals surface area contributed by atoms with Crippen molar-refractivity contribution in [1.82, 2.24) is 15.0 Å². The lowest BCUT2D eigenvalue weighted by Gasteiger charge is -2.37. The normalized spacial score (nSPS) is 20.5. The van der Waals surface area contributed by atoms with Crippen molar-refractivity contribution in [2.24, 2.45) is 0 Å². The van der Waals surface area contributed by atoms with E-state index in [9.17, 15) is 28.0 Å². The Morgan fingerprint density at radius 1 is 1.03 bits per heavy atom. The monoisotopic (exact) mass is 501 g/mol. The number of nitrogens with one attached hydrogen (secondary N) is 1. The Morgan fingerprint density at radius 2 is 1.64 bits per heavy atom. The van der Waals surface area contributed by atoms with Crippen molar-refractivity contribution in [2.45, 2.75) is 36.1 Å². The van der Waals surface area contributed by atoms with Crippen molar-refractivity contribution in [3.8, 4) is 0 Å². The van der Waals surface area contributed by atoms with E-state index in [-0.39, 0.29) is 29.1 Å². The van der Waals surface area contributed by atoms with Gasteiger partial charge in [-0.3, -0.25) is 19.2 Å². The minimum absolute atomic E-state index is 0.0263. The van der Waals surface area contributed by atoms with Crippen molar-refractivity contribution in [2.75, 3.05) is 0 Å². The molecule has 0 bridgehead atoms. The second-order valence-electron chi connectivity index (χ2n) is 8.61. The average molecular weight is 501 g/mol. The van der Waals surface area contributed by atoms with Crippen LogP contribution in [0.5, 0.6) is 0 Å². The van der Waals surface area contributed by atoms with Gasteiger partial charge in [0.05, 0.1) is 23.5 Å². The molecular formula is C22H14B4ClF2N3O4. The minimum atomic E-state index is -3.97. The van der Waals surface area contributed by atoms with Gasteiger partial charge in [0.2, 0.25) is 19.8 Å². The molecule has 4 rings (SSSR count). The number of hydrogen-bond donors (Lipinski definition) is 1. The van der Waals surface area contributed by atoms with Gasteiger partial charge < -0.3 is 15.0 Å². The number of carbonyl (C=O) groups is 4. The number of rotatable bonds is 5. The molecule has 0 saturated carbocycles. The SMILES string of the molecule is [B]C1CC(N2Cc3cc(C([B])([B])NC(=O)C(F)(F)c4ccc(Cl)cc4)ccc3C2=O)C(=O)N([B])C1=O. The van der Waals surface area contributed by atoms with Crippen molar-refractivity contribution >= 4 is 66.7 Å². The van der Waals surface area contributed by atoms with Gasteiger partial charge >= 0.3 is 5.92 Å². The molecule has 2 aliphatic rings. The van der Waals surface area contributed by atoms with Crippen LogP contribution >= 0.6 is 11.6 Å². The van der Waals surface area contributed by atoms with Gasteiger partial charge in [-0.05, 0) is 41.1 Å². The van der Waals surface area contributed by atoms with Crippen LogP contribution in [0.2, 0.25) is 10.8 Å². The van der Waals surface area contributed by atoms with E-state index in [1.54, 1.807) is 0 Å². The van der Waals surface area contributed by atoms with Crippen molar-refractivity contribution in [3.63, 3.8) is 0 Å². The largest absolute Gasteiger partial charge is 0.358 e. The summed E-state index contributed by atoms with van der Waals surface area (Å²) in [6, 6.07) is 7.36. The van der Waals surface area contributed by atoms with Gasteiger partial charge in [-0.1, -0.05) is 35.9 Å². The lowest BCUT2D eigenvalue weighted by atomic mass is 9.57. The summed E-state index contributed by atoms with van der Waals surface area (Å²) in [6.45, 7) is -0.0852. The summed E-state index contributed by atoms with van der Waals surface area (Å²) in [5, 5.41) is -0.0898. The maximum atomic E-state index is 14.7. The number of nitrogens with zero attached hydrogens (tertiary/aromatic N) is 2. The van der Waals surface area contributed by atoms with Crippen LogP contribution in [0.15, 0.2) is 42.5 Å². The molecule has 1 saturated heterocycles. The van der Waals surface area contributed by atoms with Crippen LogP contribution in [0, 0.1) is 0 Å². The van der Waals surface area contributed by atoms with E-state index in [0.717, 1.165) is 12.1 Å². The predicted octanol–water partition coefficient (Wildman–Crippen LogP) is 0.819. The fourth-order valence-corrected chi connectivity index (χ4v) is 4.26. The summed E-state index contributed by atoms with van der Waals surface area (Å²) in [4.78, 5) is 51.3. The van der Waals surface area contributed by atoms with Gasteiger partial charge in [-0.2, -0.15) is 8.78 Å². The number of alkyl halides is 2. The Morgan fingerprint density at radius 3 is 2.28 bits per heavy atom. The number of piperidine rings is 1. The Kier molecular flexibility index (Phi) is 6.58. The molecule has 36 heavy (non-hydrogen) atoms. The van der Waals surface area contributed by atoms with Crippen LogP contribution < -0.4 is 5.32 Å². The molecule has 1 fully saturated rings. The molecule has 1 N–H and O–H groups in total. The maximum absolute atomic E-state index is 14.7. The minimum Gasteiger partial charge on any atom is -0.358 e. The summed E-state index contributed by atoms with van der Waals surface area (Å²) in [6.07, 6.45) is -0.120. The molecular weight excluding hydrogens is 487 g/mol. The van der Waals surface area contributed by atoms with Crippen molar-refractivity contribution in [1.29, 1.82) is 0 Å². The zero-order valence-electron chi connectivity index (χ0n) is 18.6. The summed E-state index contributed by atoms with van der Waals surface area (Å²) >= 11 is 5.71. The molecule has 4 amide bonds. The summed E-state index contributed by atoms with van der Waals surface area (Å²) < 4.78 is 29.4. The molecule has 0 spiro atoms. The van der Waals surface area contributed by atoms with E-state index in [1.807, 2.05) is 5.32 Å². The Labute approximate surface area is 215 Å². The van der Waals surface area contributed by atoms with Gasteiger partial charge in [-0.25, -0.2) is 0 Å². The second-order valence-corrected chi connectivity index (χ2v) is 9.05. The summed E-state index contributed by atoms with van der Waals surface area (Å²) in [7, 11) is 23.2. The fraction of sp³-hybridized carbons (Fsp3) is 0.273. The number of amides is 4. The molecule has 0 aromatic heterocycles. The molecule has 14 heteroatoms. The Bertz CT molecular complexity index is 1280. The lowest BCUT2D eigenvalue weighted by molar-refractivity contribution is -0.147. The predicted molar refractivity (Wildman–Crippen MR) is 129 cm³/mol. The number of carbonyl (C=O) groups excluding carboxylic acids is 4. The van der Waals surface area contributed by atoms with E-state index in [1.165, 1.54) is 35.2 Å². The lowest BCUT2D eigenvalue weighted by Crippen LogP contribution is -2.55. The number of halogens is 3. The third-order valence-corrected chi connectivity index (χ3v) is 6.41. The highest BCUT2D eigenvalue weighted by molar-refractivity contribution is 6.40. The van der Waals surface area contributed by atoms with E-state index in [0.29, 0.717) is 10.4 Å². The van der Waals surface area contributed by atoms with E-state index in [2.05, 4.69) is 0 Å². The molecule has 8 radical (unpaired) electrons. The van der Waals surface area contributed by atoms with Crippen LogP contribution in [-0.2, 0) is 32.2 Å². The van der Waals surface area contributed by atoms with Crippen LogP contribution in [0.4, 0.5) is 8.78 Å². The first-order chi connectivity index (χ1) is 16.7. The first-order valence-corrected chi connectivity index (χ1v) is 11.0. The van der Waals surface area contributed by atoms with Crippen LogP contribution in [0.1, 0.15) is 33.5 Å². The molecule has 2 aliphatic heterocycles. The molecule has 2 aromatic rings. The number of imide groups is 1. The van der Waals surface area contributed by atoms with Crippen molar-refractivity contribution < 1.29 is 28.0 Å². The average Bonchev–Trinajstić information content (AvgIpc) is 3.15. The Balaban J connectivity index is 1.54. The van der Waals surface area contributed by atoms with Crippen LogP contribution in [-0.4, -0.2) is 70.9 Å². The van der Waals surface area contributed by atoms with Gasteiger partial charge in [0.15, 0.2) is 0 Å². The second kappa shape index (κ2) is 9.10. The molecule has 0 aliphatic carbocycles. The molecule has 7 nitrogen and oxygen atoms in total. The third-order valence-electron chi connectivity index (χ3n) is 6.16. The highest BCUT2D eigenvalue weighted by atomic mass is 35.5. The zero-order valence-corrected chi connectivity index (χ0v) is 19.3. The Hall–Kier alpha value is -3.07. The number of fused-ring (bicyclic) bond motifs is 1. The smallest absolute Gasteiger partial charge is 0.349 e. The first-order valence-electron chi connectivity index (χ1n) is 10.6. The number of hydrogen-bond acceptors (Lipinski definition) is 4. The summed E-state index contributed by atoms with van der Waals surface area (Å²) in [5.74, 6) is -8.85. The molecule has 174 valence electrons. The summed E-state index contributed by atoms with van der Waals surface area (Å²) in [5.41, 5.74) is -0.0100. The quantitative estimate of drug-likeness (QED) is 0.486. The van der Waals surface area contributed by atoms with Gasteiger partial charge in [0.1, 0.15) is 6.04 Å². The number of benzene rings is 2. The fourth-order valence-electron chi connectivity index (χ4n) is 4.13. The third kappa shape index (κ3) is 4.45. The topological polar surface area (TPSA) is 86.8 Å². The van der Waals surface area contributed by atoms with Crippen LogP contribution in [0.25, 0.3) is 0 Å².